The zero-order valence-electron chi connectivity index (χ0n) is 19.9. The summed E-state index contributed by atoms with van der Waals surface area (Å²) < 4.78 is 64.8. The molecule has 2 N–H and O–H groups in total. The van der Waals surface area contributed by atoms with Crippen molar-refractivity contribution in [1.82, 2.24) is 15.3 Å². The first kappa shape index (κ1) is 24.1. The maximum Gasteiger partial charge on any atom is 0.228 e. The lowest BCUT2D eigenvalue weighted by Crippen LogP contribution is -2.43. The molecule has 0 saturated carbocycles. The molecule has 7 nitrogen and oxygen atoms in total. The van der Waals surface area contributed by atoms with Gasteiger partial charge in [0.25, 0.3) is 0 Å². The van der Waals surface area contributed by atoms with E-state index in [-0.39, 0.29) is 40.4 Å². The molecule has 2 aliphatic heterocycles. The highest BCUT2D eigenvalue weighted by Crippen LogP contribution is 2.39. The fraction of sp³-hybridized carbons (Fsp3) is 0.360. The highest BCUT2D eigenvalue weighted by molar-refractivity contribution is 5.73. The van der Waals surface area contributed by atoms with E-state index in [1.54, 1.807) is 11.0 Å². The largest absolute Gasteiger partial charge is 0.486 e. The highest BCUT2D eigenvalue weighted by atomic mass is 19.1. The Hall–Kier alpha value is -3.60. The van der Waals surface area contributed by atoms with Crippen LogP contribution in [0.2, 0.25) is 0 Å². The van der Waals surface area contributed by atoms with E-state index in [0.717, 1.165) is 24.4 Å². The van der Waals surface area contributed by atoms with Crippen molar-refractivity contribution in [3.63, 3.8) is 0 Å². The first-order valence-corrected chi connectivity index (χ1v) is 11.8. The number of aromatic nitrogens is 2. The van der Waals surface area contributed by atoms with E-state index in [0.29, 0.717) is 45.0 Å². The quantitative estimate of drug-likeness (QED) is 0.500. The molecule has 0 radical (unpaired) electrons. The molecule has 1 aromatic heterocycles. The number of hydrogen-bond acceptors (Lipinski definition) is 7. The van der Waals surface area contributed by atoms with Crippen LogP contribution in [0.15, 0.2) is 30.5 Å². The molecule has 0 amide bonds. The first-order valence-electron chi connectivity index (χ1n) is 11.8. The number of hydrogen-bond donors (Lipinski definition) is 2. The number of rotatable bonds is 5. The Balaban J connectivity index is 1.47. The predicted molar refractivity (Wildman–Crippen MR) is 130 cm³/mol. The van der Waals surface area contributed by atoms with Crippen LogP contribution in [0.3, 0.4) is 0 Å². The fourth-order valence-corrected chi connectivity index (χ4v) is 4.51. The van der Waals surface area contributed by atoms with E-state index in [1.807, 2.05) is 18.7 Å². The minimum Gasteiger partial charge on any atom is -0.486 e. The number of nitrogens with one attached hydrogen (secondary N) is 2. The van der Waals surface area contributed by atoms with Crippen LogP contribution in [-0.4, -0.2) is 55.3 Å². The van der Waals surface area contributed by atoms with Gasteiger partial charge in [0.1, 0.15) is 23.9 Å². The van der Waals surface area contributed by atoms with Gasteiger partial charge in [-0.05, 0) is 26.0 Å². The molecular formula is C25H26F4N6O. The smallest absolute Gasteiger partial charge is 0.228 e. The first-order chi connectivity index (χ1) is 17.3. The number of anilines is 4. The Bertz CT molecular complexity index is 1280. The monoisotopic (exact) mass is 502 g/mol. The standard InChI is InChI=1S/C25H26F4N6O/c1-14(2)35-7-8-36-24-18(28)9-15(10-22(24)35)23-19(29)13-31-25(33-23)32-20-11-17(27)21(12-16(20)26)34-5-3-30-4-6-34/h9-14,30H,3-8H2,1-2H3,(H,31,32,33). The molecule has 2 aliphatic rings. The molecule has 3 heterocycles. The van der Waals surface area contributed by atoms with Crippen molar-refractivity contribution in [2.75, 3.05) is 54.4 Å². The van der Waals surface area contributed by atoms with Crippen LogP contribution in [0.5, 0.6) is 5.75 Å². The van der Waals surface area contributed by atoms with Crippen LogP contribution < -0.4 is 25.2 Å². The Kier molecular flexibility index (Phi) is 6.57. The number of nitrogens with zero attached hydrogens (tertiary/aromatic N) is 4. The maximum atomic E-state index is 14.9. The summed E-state index contributed by atoms with van der Waals surface area (Å²) in [7, 11) is 0. The fourth-order valence-electron chi connectivity index (χ4n) is 4.51. The Morgan fingerprint density at radius 1 is 0.917 bits per heavy atom. The van der Waals surface area contributed by atoms with Crippen LogP contribution in [0.25, 0.3) is 11.3 Å². The number of fused-ring (bicyclic) bond motifs is 1. The predicted octanol–water partition coefficient (Wildman–Crippen LogP) is 4.46. The van der Waals surface area contributed by atoms with E-state index in [9.17, 15) is 17.6 Å². The Morgan fingerprint density at radius 3 is 2.44 bits per heavy atom. The molecule has 1 fully saturated rings. The van der Waals surface area contributed by atoms with Crippen LogP contribution in [0.4, 0.5) is 40.6 Å². The molecule has 0 bridgehead atoms. The molecule has 3 aromatic rings. The number of benzene rings is 2. The van der Waals surface area contributed by atoms with Crippen LogP contribution in [-0.2, 0) is 0 Å². The van der Waals surface area contributed by atoms with Crippen molar-refractivity contribution >= 4 is 23.0 Å². The molecule has 0 aliphatic carbocycles. The molecule has 190 valence electrons. The van der Waals surface area contributed by atoms with Gasteiger partial charge in [-0.15, -0.1) is 0 Å². The van der Waals surface area contributed by atoms with Gasteiger partial charge in [0.15, 0.2) is 17.4 Å². The lowest BCUT2D eigenvalue weighted by molar-refractivity contribution is 0.287. The van der Waals surface area contributed by atoms with E-state index < -0.39 is 23.3 Å². The van der Waals surface area contributed by atoms with Gasteiger partial charge in [0, 0.05) is 49.9 Å². The van der Waals surface area contributed by atoms with Crippen LogP contribution in [0, 0.1) is 23.3 Å². The Labute approximate surface area is 206 Å². The van der Waals surface area contributed by atoms with Gasteiger partial charge in [-0.1, -0.05) is 0 Å². The van der Waals surface area contributed by atoms with E-state index in [1.165, 1.54) is 0 Å². The van der Waals surface area contributed by atoms with Gasteiger partial charge in [-0.2, -0.15) is 0 Å². The summed E-state index contributed by atoms with van der Waals surface area (Å²) in [6.07, 6.45) is 0.905. The third-order valence-electron chi connectivity index (χ3n) is 6.29. The average Bonchev–Trinajstić information content (AvgIpc) is 2.87. The van der Waals surface area contributed by atoms with E-state index in [2.05, 4.69) is 20.6 Å². The van der Waals surface area contributed by atoms with Gasteiger partial charge in [0.05, 0.1) is 29.8 Å². The normalized spacial score (nSPS) is 15.6. The summed E-state index contributed by atoms with van der Waals surface area (Å²) in [5.41, 5.74) is 0.463. The Morgan fingerprint density at radius 2 is 1.69 bits per heavy atom. The SMILES string of the molecule is CC(C)N1CCOc2c(F)cc(-c3nc(Nc4cc(F)c(N5CCNCC5)cc4F)ncc3F)cc21. The van der Waals surface area contributed by atoms with Crippen molar-refractivity contribution < 1.29 is 22.3 Å². The van der Waals surface area contributed by atoms with Gasteiger partial charge >= 0.3 is 0 Å². The van der Waals surface area contributed by atoms with E-state index in [4.69, 9.17) is 4.74 Å². The number of piperazine rings is 1. The summed E-state index contributed by atoms with van der Waals surface area (Å²) in [5, 5.41) is 5.78. The number of ether oxygens (including phenoxy) is 1. The molecule has 0 atom stereocenters. The summed E-state index contributed by atoms with van der Waals surface area (Å²) in [4.78, 5) is 11.7. The summed E-state index contributed by atoms with van der Waals surface area (Å²) >= 11 is 0. The average molecular weight is 503 g/mol. The second-order valence-corrected chi connectivity index (χ2v) is 8.98. The molecule has 36 heavy (non-hydrogen) atoms. The third kappa shape index (κ3) is 4.62. The minimum absolute atomic E-state index is 0.0665. The maximum absolute atomic E-state index is 14.9. The molecule has 11 heteroatoms. The second-order valence-electron chi connectivity index (χ2n) is 8.98. The van der Waals surface area contributed by atoms with Gasteiger partial charge in [-0.3, -0.25) is 0 Å². The third-order valence-corrected chi connectivity index (χ3v) is 6.29. The zero-order valence-corrected chi connectivity index (χ0v) is 19.9. The molecule has 1 saturated heterocycles. The summed E-state index contributed by atoms with van der Waals surface area (Å²) in [6, 6.07) is 4.95. The van der Waals surface area contributed by atoms with Crippen molar-refractivity contribution in [1.29, 1.82) is 0 Å². The highest BCUT2D eigenvalue weighted by Gasteiger charge is 2.26. The summed E-state index contributed by atoms with van der Waals surface area (Å²) in [6.45, 7) is 7.31. The molecule has 0 spiro atoms. The van der Waals surface area contributed by atoms with Gasteiger partial charge in [0.2, 0.25) is 5.95 Å². The molecule has 0 unspecified atom stereocenters. The number of halogens is 4. The van der Waals surface area contributed by atoms with Gasteiger partial charge < -0.3 is 25.2 Å². The van der Waals surface area contributed by atoms with Crippen molar-refractivity contribution in [3.8, 4) is 17.0 Å². The second kappa shape index (κ2) is 9.81. The van der Waals surface area contributed by atoms with Crippen molar-refractivity contribution in [2.45, 2.75) is 19.9 Å². The van der Waals surface area contributed by atoms with Crippen LogP contribution in [0.1, 0.15) is 13.8 Å². The van der Waals surface area contributed by atoms with E-state index >= 15 is 0 Å². The molecular weight excluding hydrogens is 476 g/mol. The lowest BCUT2D eigenvalue weighted by Gasteiger charge is -2.34. The van der Waals surface area contributed by atoms with Crippen molar-refractivity contribution in [3.05, 3.63) is 53.7 Å². The minimum atomic E-state index is -0.784. The summed E-state index contributed by atoms with van der Waals surface area (Å²) in [5.74, 6) is -2.79. The molecule has 5 rings (SSSR count). The van der Waals surface area contributed by atoms with Gasteiger partial charge in [-0.25, -0.2) is 27.5 Å². The molecule has 2 aromatic carbocycles. The zero-order chi connectivity index (χ0) is 25.4. The topological polar surface area (TPSA) is 65.6 Å². The van der Waals surface area contributed by atoms with Crippen LogP contribution >= 0.6 is 0 Å². The van der Waals surface area contributed by atoms with Crippen molar-refractivity contribution in [2.24, 2.45) is 0 Å². The lowest BCUT2D eigenvalue weighted by atomic mass is 10.1.